The van der Waals surface area contributed by atoms with Gasteiger partial charge in [0.15, 0.2) is 0 Å². The van der Waals surface area contributed by atoms with Crippen LogP contribution in [-0.2, 0) is 18.2 Å². The third kappa shape index (κ3) is 22.3. The Hall–Kier alpha value is -0.130. The Kier molecular flexibility index (Phi) is 27.3. The fraction of sp³-hybridized carbons (Fsp3) is 0.850. The van der Waals surface area contributed by atoms with E-state index in [2.05, 4.69) is 27.7 Å². The molecule has 0 saturated carbocycles. The van der Waals surface area contributed by atoms with Crippen LogP contribution in [0.15, 0.2) is 30.3 Å². The standard InChI is InChI=1S/C40H77O4P3/c1-5-9-13-17-21-28-34-45(41,35-29-22-18-14-10-6-2)38-44-47(43,40-32-26-25-27-33-40)39-46(42,36-30-23-19-15-11-7-3)37-31-24-20-16-12-8-4/h25-27,32-33H,5-24,28-31,34-39H2,1-4H3. The zero-order chi connectivity index (χ0) is 34.5. The highest BCUT2D eigenvalue weighted by atomic mass is 31.2. The molecule has 1 aromatic rings. The van der Waals surface area contributed by atoms with Gasteiger partial charge in [-0.15, -0.1) is 0 Å². The van der Waals surface area contributed by atoms with Crippen molar-refractivity contribution in [1.29, 1.82) is 0 Å². The molecule has 0 saturated heterocycles. The van der Waals surface area contributed by atoms with E-state index in [1.165, 1.54) is 103 Å². The summed E-state index contributed by atoms with van der Waals surface area (Å²) in [4.78, 5) is 0. The van der Waals surface area contributed by atoms with Crippen LogP contribution in [0.1, 0.15) is 182 Å². The van der Waals surface area contributed by atoms with E-state index < -0.39 is 21.7 Å². The zero-order valence-corrected chi connectivity index (χ0v) is 34.3. The maximum absolute atomic E-state index is 15.0. The van der Waals surface area contributed by atoms with Gasteiger partial charge in [0.1, 0.15) is 13.5 Å². The molecule has 0 aliphatic heterocycles. The second kappa shape index (κ2) is 28.6. The Morgan fingerprint density at radius 1 is 0.426 bits per heavy atom. The molecular formula is C40H77O4P3. The molecule has 0 aliphatic rings. The van der Waals surface area contributed by atoms with E-state index >= 15 is 4.57 Å². The summed E-state index contributed by atoms with van der Waals surface area (Å²) in [5.74, 6) is 0.127. The van der Waals surface area contributed by atoms with Crippen molar-refractivity contribution in [2.24, 2.45) is 0 Å². The Bertz CT molecular complexity index is 956. The van der Waals surface area contributed by atoms with Crippen LogP contribution in [-0.4, -0.2) is 36.9 Å². The molecule has 0 radical (unpaired) electrons. The molecule has 0 aromatic heterocycles. The lowest BCUT2D eigenvalue weighted by Crippen LogP contribution is -2.15. The molecule has 1 atom stereocenters. The van der Waals surface area contributed by atoms with Crippen molar-refractivity contribution in [3.63, 3.8) is 0 Å². The first kappa shape index (κ1) is 44.9. The van der Waals surface area contributed by atoms with Gasteiger partial charge >= 0.3 is 0 Å². The van der Waals surface area contributed by atoms with Crippen LogP contribution < -0.4 is 5.30 Å². The molecule has 7 heteroatoms. The van der Waals surface area contributed by atoms with Gasteiger partial charge in [-0.2, -0.15) is 0 Å². The average Bonchev–Trinajstić information content (AvgIpc) is 3.07. The highest BCUT2D eigenvalue weighted by molar-refractivity contribution is 7.82. The Labute approximate surface area is 293 Å². The van der Waals surface area contributed by atoms with Crippen molar-refractivity contribution in [1.82, 2.24) is 0 Å². The molecule has 0 heterocycles. The average molecular weight is 715 g/mol. The Morgan fingerprint density at radius 2 is 0.745 bits per heavy atom. The topological polar surface area (TPSA) is 60.4 Å². The minimum absolute atomic E-state index is 0.0666. The summed E-state index contributed by atoms with van der Waals surface area (Å²) in [5, 5.41) is 0.650. The summed E-state index contributed by atoms with van der Waals surface area (Å²) in [7, 11) is -8.89. The Morgan fingerprint density at radius 3 is 1.11 bits per heavy atom. The predicted octanol–water partition coefficient (Wildman–Crippen LogP) is 14.7. The molecule has 276 valence electrons. The van der Waals surface area contributed by atoms with Crippen LogP contribution in [0.5, 0.6) is 0 Å². The molecule has 0 amide bonds. The van der Waals surface area contributed by atoms with Crippen molar-refractivity contribution >= 4 is 27.0 Å². The number of hydrogen-bond donors (Lipinski definition) is 0. The first-order valence-electron chi connectivity index (χ1n) is 20.2. The quantitative estimate of drug-likeness (QED) is 0.0527. The highest BCUT2D eigenvalue weighted by Crippen LogP contribution is 2.64. The largest absolute Gasteiger partial charge is 0.323 e. The second-order valence-electron chi connectivity index (χ2n) is 14.5. The van der Waals surface area contributed by atoms with Crippen LogP contribution in [0.4, 0.5) is 0 Å². The second-order valence-corrected chi connectivity index (χ2v) is 24.0. The van der Waals surface area contributed by atoms with E-state index in [9.17, 15) is 9.13 Å². The van der Waals surface area contributed by atoms with Gasteiger partial charge in [-0.3, -0.25) is 4.57 Å². The maximum atomic E-state index is 15.0. The molecule has 47 heavy (non-hydrogen) atoms. The zero-order valence-electron chi connectivity index (χ0n) is 31.6. The van der Waals surface area contributed by atoms with Crippen molar-refractivity contribution < 1.29 is 18.2 Å². The van der Waals surface area contributed by atoms with Crippen LogP contribution in [0, 0.1) is 0 Å². The maximum Gasteiger partial charge on any atom is 0.239 e. The van der Waals surface area contributed by atoms with Crippen molar-refractivity contribution in [3.8, 4) is 0 Å². The van der Waals surface area contributed by atoms with Crippen LogP contribution in [0.25, 0.3) is 0 Å². The van der Waals surface area contributed by atoms with Gasteiger partial charge in [0, 0.05) is 30.0 Å². The smallest absolute Gasteiger partial charge is 0.239 e. The van der Waals surface area contributed by atoms with Crippen molar-refractivity contribution in [3.05, 3.63) is 30.3 Å². The molecular weight excluding hydrogens is 637 g/mol. The third-order valence-corrected chi connectivity index (χ3v) is 20.3. The van der Waals surface area contributed by atoms with Gasteiger partial charge < -0.3 is 13.7 Å². The van der Waals surface area contributed by atoms with Crippen LogP contribution in [0.3, 0.4) is 0 Å². The molecule has 4 nitrogen and oxygen atoms in total. The molecule has 1 aromatic carbocycles. The summed E-state index contributed by atoms with van der Waals surface area (Å²) in [6.07, 6.45) is 30.4. The van der Waals surface area contributed by atoms with Crippen molar-refractivity contribution in [2.75, 3.05) is 36.9 Å². The number of benzene rings is 1. The van der Waals surface area contributed by atoms with E-state index in [0.29, 0.717) is 30.0 Å². The summed E-state index contributed by atoms with van der Waals surface area (Å²) >= 11 is 0. The van der Waals surface area contributed by atoms with Gasteiger partial charge in [0.25, 0.3) is 0 Å². The van der Waals surface area contributed by atoms with Gasteiger partial charge in [0.2, 0.25) is 7.37 Å². The van der Waals surface area contributed by atoms with E-state index in [1.54, 1.807) is 0 Å². The lowest BCUT2D eigenvalue weighted by atomic mass is 10.1. The fourth-order valence-corrected chi connectivity index (χ4v) is 17.7. The Balaban J connectivity index is 3.11. The normalized spacial score (nSPS) is 13.6. The number of rotatable bonds is 34. The van der Waals surface area contributed by atoms with E-state index in [4.69, 9.17) is 4.52 Å². The SMILES string of the molecule is CCCCCCCCP(=O)(CCCCCCCC)COP(=O)(CP(=O)(CCCCCCCC)CCCCCCCC)c1ccccc1. The lowest BCUT2D eigenvalue weighted by molar-refractivity contribution is 0.373. The van der Waals surface area contributed by atoms with Crippen molar-refractivity contribution in [2.45, 2.75) is 182 Å². The first-order valence-corrected chi connectivity index (χ1v) is 26.5. The van der Waals surface area contributed by atoms with Gasteiger partial charge in [-0.1, -0.05) is 174 Å². The summed E-state index contributed by atoms with van der Waals surface area (Å²) < 4.78 is 50.8. The number of hydrogen-bond acceptors (Lipinski definition) is 4. The molecule has 1 unspecified atom stereocenters. The van der Waals surface area contributed by atoms with E-state index in [0.717, 1.165) is 51.4 Å². The van der Waals surface area contributed by atoms with Gasteiger partial charge in [0.05, 0.1) is 13.0 Å². The third-order valence-electron chi connectivity index (χ3n) is 9.77. The minimum Gasteiger partial charge on any atom is -0.323 e. The molecule has 0 bridgehead atoms. The van der Waals surface area contributed by atoms with Gasteiger partial charge in [-0.25, -0.2) is 0 Å². The highest BCUT2D eigenvalue weighted by Gasteiger charge is 2.38. The van der Waals surface area contributed by atoms with Crippen LogP contribution >= 0.6 is 21.7 Å². The molecule has 1 rings (SSSR count). The first-order chi connectivity index (χ1) is 22.8. The number of unbranched alkanes of at least 4 members (excludes halogenated alkanes) is 20. The predicted molar refractivity (Wildman–Crippen MR) is 213 cm³/mol. The summed E-state index contributed by atoms with van der Waals surface area (Å²) in [5.41, 5.74) is 0. The monoisotopic (exact) mass is 715 g/mol. The van der Waals surface area contributed by atoms with Crippen LogP contribution in [0.2, 0.25) is 0 Å². The van der Waals surface area contributed by atoms with Gasteiger partial charge in [-0.05, 0) is 37.8 Å². The summed E-state index contributed by atoms with van der Waals surface area (Å²) in [6, 6.07) is 9.51. The van der Waals surface area contributed by atoms with E-state index in [-0.39, 0.29) is 12.3 Å². The molecule has 0 N–H and O–H groups in total. The fourth-order valence-electron chi connectivity index (χ4n) is 6.61. The summed E-state index contributed by atoms with van der Waals surface area (Å²) in [6.45, 7) is 8.93. The molecule has 0 spiro atoms. The molecule has 0 fully saturated rings. The lowest BCUT2D eigenvalue weighted by Gasteiger charge is -2.28. The minimum atomic E-state index is -3.47. The van der Waals surface area contributed by atoms with E-state index in [1.807, 2.05) is 30.3 Å². The molecule has 0 aliphatic carbocycles.